The summed E-state index contributed by atoms with van der Waals surface area (Å²) in [6, 6.07) is 4.70. The average molecular weight is 287 g/mol. The number of hydrogen-bond donors (Lipinski definition) is 0. The second kappa shape index (κ2) is 6.80. The Morgan fingerprint density at radius 3 is 2.32 bits per heavy atom. The molecule has 0 aliphatic rings. The Bertz CT molecular complexity index is 493. The van der Waals surface area contributed by atoms with Crippen molar-refractivity contribution in [1.29, 1.82) is 0 Å². The molecule has 1 rings (SSSR count). The number of hydrogen-bond acceptors (Lipinski definition) is 5. The Balaban J connectivity index is 3.07. The van der Waals surface area contributed by atoms with Gasteiger partial charge in [-0.15, -0.1) is 0 Å². The molecule has 1 aromatic rings. The molecular weight excluding hydrogens is 269 g/mol. The summed E-state index contributed by atoms with van der Waals surface area (Å²) in [5, 5.41) is 10.9. The molecule has 6 nitrogen and oxygen atoms in total. The van der Waals surface area contributed by atoms with Gasteiger partial charge in [-0.05, 0) is 26.3 Å². The maximum Gasteiger partial charge on any atom is 0.335 e. The minimum absolute atomic E-state index is 0.0112. The van der Waals surface area contributed by atoms with E-state index in [1.54, 1.807) is 32.9 Å². The molecule has 0 spiro atoms. The summed E-state index contributed by atoms with van der Waals surface area (Å²) in [6.45, 7) is 5.63. The second-order valence-electron chi connectivity index (χ2n) is 3.92. The maximum atomic E-state index is 12.4. The maximum absolute atomic E-state index is 12.4. The largest absolute Gasteiger partial charge is 0.335 e. The topological polar surface area (TPSA) is 78.7 Å². The van der Waals surface area contributed by atoms with E-state index in [4.69, 9.17) is 9.05 Å². The van der Waals surface area contributed by atoms with E-state index in [-0.39, 0.29) is 25.1 Å². The molecule has 0 bridgehead atoms. The first-order valence-electron chi connectivity index (χ1n) is 6.04. The number of nitro benzene ring substituents is 1. The van der Waals surface area contributed by atoms with Crippen LogP contribution in [0.5, 0.6) is 0 Å². The van der Waals surface area contributed by atoms with E-state index in [1.165, 1.54) is 6.07 Å². The molecule has 0 saturated heterocycles. The standard InChI is InChI=1S/C12H18NO5P/c1-4-17-19(16,18-5-2)9-11-7-6-8-12(10(11)3)13(14)15/h6-8H,4-5,9H2,1-3H3. The van der Waals surface area contributed by atoms with Crippen molar-refractivity contribution in [2.24, 2.45) is 0 Å². The molecule has 0 aromatic heterocycles. The summed E-state index contributed by atoms with van der Waals surface area (Å²) in [4.78, 5) is 10.4. The monoisotopic (exact) mass is 287 g/mol. The Labute approximate surface area is 112 Å². The molecule has 0 saturated carbocycles. The minimum atomic E-state index is -3.24. The number of nitro groups is 1. The summed E-state index contributed by atoms with van der Waals surface area (Å²) in [6.07, 6.45) is 0.0438. The van der Waals surface area contributed by atoms with Crippen LogP contribution in [0.25, 0.3) is 0 Å². The van der Waals surface area contributed by atoms with Gasteiger partial charge in [0.2, 0.25) is 0 Å². The zero-order valence-electron chi connectivity index (χ0n) is 11.3. The van der Waals surface area contributed by atoms with Crippen molar-refractivity contribution in [1.82, 2.24) is 0 Å². The van der Waals surface area contributed by atoms with Gasteiger partial charge in [-0.3, -0.25) is 14.7 Å². The smallest absolute Gasteiger partial charge is 0.309 e. The highest BCUT2D eigenvalue weighted by molar-refractivity contribution is 7.53. The van der Waals surface area contributed by atoms with Crippen LogP contribution in [0.3, 0.4) is 0 Å². The van der Waals surface area contributed by atoms with E-state index in [0.717, 1.165) is 0 Å². The minimum Gasteiger partial charge on any atom is -0.309 e. The number of rotatable bonds is 7. The second-order valence-corrected chi connectivity index (χ2v) is 5.98. The van der Waals surface area contributed by atoms with Gasteiger partial charge in [0, 0.05) is 11.6 Å². The normalized spacial score (nSPS) is 11.5. The Morgan fingerprint density at radius 1 is 1.26 bits per heavy atom. The first-order valence-corrected chi connectivity index (χ1v) is 7.77. The van der Waals surface area contributed by atoms with E-state index >= 15 is 0 Å². The Kier molecular flexibility index (Phi) is 5.66. The molecule has 0 unspecified atom stereocenters. The van der Waals surface area contributed by atoms with Crippen LogP contribution in [0.4, 0.5) is 5.69 Å². The third-order valence-corrected chi connectivity index (χ3v) is 4.66. The fourth-order valence-electron chi connectivity index (χ4n) is 1.77. The van der Waals surface area contributed by atoms with Crippen molar-refractivity contribution in [3.63, 3.8) is 0 Å². The molecule has 0 heterocycles. The molecule has 0 amide bonds. The summed E-state index contributed by atoms with van der Waals surface area (Å²) in [5.41, 5.74) is 1.11. The zero-order valence-corrected chi connectivity index (χ0v) is 12.2. The highest BCUT2D eigenvalue weighted by atomic mass is 31.2. The molecule has 0 fully saturated rings. The molecular formula is C12H18NO5P. The van der Waals surface area contributed by atoms with Crippen molar-refractivity contribution in [3.05, 3.63) is 39.4 Å². The lowest BCUT2D eigenvalue weighted by molar-refractivity contribution is -0.385. The molecule has 1 aromatic carbocycles. The highest BCUT2D eigenvalue weighted by Gasteiger charge is 2.26. The van der Waals surface area contributed by atoms with Crippen LogP contribution in [0.1, 0.15) is 25.0 Å². The van der Waals surface area contributed by atoms with E-state index in [2.05, 4.69) is 0 Å². The van der Waals surface area contributed by atoms with Gasteiger partial charge in [0.15, 0.2) is 0 Å². The number of benzene rings is 1. The van der Waals surface area contributed by atoms with Gasteiger partial charge in [0.25, 0.3) is 5.69 Å². The van der Waals surface area contributed by atoms with Crippen molar-refractivity contribution in [2.75, 3.05) is 13.2 Å². The van der Waals surface area contributed by atoms with E-state index in [1.807, 2.05) is 0 Å². The van der Waals surface area contributed by atoms with Crippen LogP contribution < -0.4 is 0 Å². The van der Waals surface area contributed by atoms with Gasteiger partial charge in [-0.2, -0.15) is 0 Å². The fourth-order valence-corrected chi connectivity index (χ4v) is 3.57. The van der Waals surface area contributed by atoms with Crippen LogP contribution in [0, 0.1) is 17.0 Å². The lowest BCUT2D eigenvalue weighted by Crippen LogP contribution is -2.02. The highest BCUT2D eigenvalue weighted by Crippen LogP contribution is 2.52. The fraction of sp³-hybridized carbons (Fsp3) is 0.500. The van der Waals surface area contributed by atoms with Crippen molar-refractivity contribution in [2.45, 2.75) is 26.9 Å². The summed E-state index contributed by atoms with van der Waals surface area (Å²) in [5.74, 6) is 0. The van der Waals surface area contributed by atoms with Crippen LogP contribution in [0.15, 0.2) is 18.2 Å². The van der Waals surface area contributed by atoms with Crippen LogP contribution in [0.2, 0.25) is 0 Å². The van der Waals surface area contributed by atoms with Crippen LogP contribution >= 0.6 is 7.60 Å². The average Bonchev–Trinajstić information content (AvgIpc) is 2.32. The van der Waals surface area contributed by atoms with Gasteiger partial charge >= 0.3 is 7.60 Å². The predicted molar refractivity (Wildman–Crippen MR) is 72.4 cm³/mol. The van der Waals surface area contributed by atoms with E-state index < -0.39 is 12.5 Å². The Morgan fingerprint density at radius 2 is 1.84 bits per heavy atom. The lowest BCUT2D eigenvalue weighted by atomic mass is 10.1. The molecule has 0 aliphatic heterocycles. The van der Waals surface area contributed by atoms with E-state index in [0.29, 0.717) is 11.1 Å². The zero-order chi connectivity index (χ0) is 14.5. The SMILES string of the molecule is CCOP(=O)(Cc1cccc([N+](=O)[O-])c1C)OCC. The summed E-state index contributed by atoms with van der Waals surface area (Å²) < 4.78 is 22.8. The van der Waals surface area contributed by atoms with Crippen molar-refractivity contribution in [3.8, 4) is 0 Å². The first kappa shape index (κ1) is 15.8. The molecule has 0 aliphatic carbocycles. The predicted octanol–water partition coefficient (Wildman–Crippen LogP) is 3.67. The van der Waals surface area contributed by atoms with Crippen LogP contribution in [-0.2, 0) is 19.8 Å². The van der Waals surface area contributed by atoms with E-state index in [9.17, 15) is 14.7 Å². The van der Waals surface area contributed by atoms with Gasteiger partial charge in [-0.1, -0.05) is 12.1 Å². The lowest BCUT2D eigenvalue weighted by Gasteiger charge is -2.17. The van der Waals surface area contributed by atoms with Gasteiger partial charge in [0.05, 0.1) is 24.3 Å². The molecule has 7 heteroatoms. The van der Waals surface area contributed by atoms with Gasteiger partial charge < -0.3 is 9.05 Å². The molecule has 0 radical (unpaired) electrons. The van der Waals surface area contributed by atoms with Crippen molar-refractivity contribution >= 4 is 13.3 Å². The van der Waals surface area contributed by atoms with Crippen LogP contribution in [-0.4, -0.2) is 18.1 Å². The van der Waals surface area contributed by atoms with Gasteiger partial charge in [0.1, 0.15) is 0 Å². The number of nitrogens with zero attached hydrogens (tertiary/aromatic N) is 1. The summed E-state index contributed by atoms with van der Waals surface area (Å²) >= 11 is 0. The summed E-state index contributed by atoms with van der Waals surface area (Å²) in [7, 11) is -3.24. The molecule has 106 valence electrons. The molecule has 19 heavy (non-hydrogen) atoms. The third kappa shape index (κ3) is 4.13. The van der Waals surface area contributed by atoms with Gasteiger partial charge in [-0.25, -0.2) is 0 Å². The Hall–Kier alpha value is -1.23. The third-order valence-electron chi connectivity index (χ3n) is 2.63. The quantitative estimate of drug-likeness (QED) is 0.434. The molecule has 0 atom stereocenters. The van der Waals surface area contributed by atoms with Crippen molar-refractivity contribution < 1.29 is 18.5 Å². The first-order chi connectivity index (χ1) is 8.93. The molecule has 0 N–H and O–H groups in total.